The van der Waals surface area contributed by atoms with Gasteiger partial charge in [-0.15, -0.1) is 0 Å². The summed E-state index contributed by atoms with van der Waals surface area (Å²) >= 11 is 0. The molecule has 4 heteroatoms. The van der Waals surface area contributed by atoms with Gasteiger partial charge >= 0.3 is 0 Å². The fraction of sp³-hybridized carbons (Fsp3) is 0.500. The number of carbonyl (C=O) groups is 1. The lowest BCUT2D eigenvalue weighted by molar-refractivity contribution is -0.131. The first kappa shape index (κ1) is 17.3. The third-order valence-electron chi connectivity index (χ3n) is 5.70. The summed E-state index contributed by atoms with van der Waals surface area (Å²) in [6.07, 6.45) is 4.98. The van der Waals surface area contributed by atoms with Crippen molar-refractivity contribution in [2.75, 3.05) is 32.8 Å². The van der Waals surface area contributed by atoms with Crippen molar-refractivity contribution in [3.05, 3.63) is 42.5 Å². The maximum atomic E-state index is 12.6. The second-order valence-corrected chi connectivity index (χ2v) is 7.45. The van der Waals surface area contributed by atoms with Crippen LogP contribution in [0.5, 0.6) is 5.75 Å². The Bertz CT molecular complexity index is 755. The minimum atomic E-state index is 0.292. The van der Waals surface area contributed by atoms with Crippen LogP contribution in [0, 0.1) is 0 Å². The van der Waals surface area contributed by atoms with E-state index in [1.165, 1.54) is 24.8 Å². The summed E-state index contributed by atoms with van der Waals surface area (Å²) in [5.41, 5.74) is 0. The molecule has 4 nitrogen and oxygen atoms in total. The summed E-state index contributed by atoms with van der Waals surface area (Å²) in [6, 6.07) is 15.0. The number of amides is 1. The number of carbonyl (C=O) groups excluding carboxylic acids is 1. The number of nitrogens with zero attached hydrogens (tertiary/aromatic N) is 2. The standard InChI is InChI=1S/C22H28N2O2/c25-22(24-15-6-14-23-13-4-9-19(23)17-24)12-5-16-26-21-11-3-8-18-7-1-2-10-20(18)21/h1-3,7-8,10-11,19H,4-6,9,12-17H2/t19-/m0/s1. The first-order valence-corrected chi connectivity index (χ1v) is 9.94. The van der Waals surface area contributed by atoms with Gasteiger partial charge in [-0.2, -0.15) is 0 Å². The topological polar surface area (TPSA) is 32.8 Å². The number of hydrogen-bond donors (Lipinski definition) is 0. The first-order chi connectivity index (χ1) is 12.8. The van der Waals surface area contributed by atoms with Crippen molar-refractivity contribution in [3.63, 3.8) is 0 Å². The van der Waals surface area contributed by atoms with Gasteiger partial charge in [0, 0.05) is 37.5 Å². The summed E-state index contributed by atoms with van der Waals surface area (Å²) in [6.45, 7) is 4.78. The molecule has 2 fully saturated rings. The fourth-order valence-electron chi connectivity index (χ4n) is 4.32. The highest BCUT2D eigenvalue weighted by Crippen LogP contribution is 2.25. The Hall–Kier alpha value is -2.07. The van der Waals surface area contributed by atoms with Crippen LogP contribution < -0.4 is 4.74 Å². The van der Waals surface area contributed by atoms with Gasteiger partial charge in [0.1, 0.15) is 5.75 Å². The third-order valence-corrected chi connectivity index (χ3v) is 5.70. The Morgan fingerprint density at radius 3 is 2.85 bits per heavy atom. The van der Waals surface area contributed by atoms with Crippen LogP contribution in [0.25, 0.3) is 10.8 Å². The summed E-state index contributed by atoms with van der Waals surface area (Å²) < 4.78 is 5.97. The van der Waals surface area contributed by atoms with Crippen molar-refractivity contribution in [1.29, 1.82) is 0 Å². The molecule has 0 bridgehead atoms. The van der Waals surface area contributed by atoms with Gasteiger partial charge in [-0.05, 0) is 43.7 Å². The number of fused-ring (bicyclic) bond motifs is 2. The minimum Gasteiger partial charge on any atom is -0.493 e. The molecule has 138 valence electrons. The average Bonchev–Trinajstić information content (AvgIpc) is 3.01. The van der Waals surface area contributed by atoms with Crippen molar-refractivity contribution in [1.82, 2.24) is 9.80 Å². The van der Waals surface area contributed by atoms with E-state index in [2.05, 4.69) is 28.0 Å². The van der Waals surface area contributed by atoms with Gasteiger partial charge in [0.2, 0.25) is 5.91 Å². The Labute approximate surface area is 155 Å². The molecule has 0 radical (unpaired) electrons. The zero-order valence-corrected chi connectivity index (χ0v) is 15.4. The molecular weight excluding hydrogens is 324 g/mol. The van der Waals surface area contributed by atoms with Crippen LogP contribution in [0.15, 0.2) is 42.5 Å². The largest absolute Gasteiger partial charge is 0.493 e. The fourth-order valence-corrected chi connectivity index (χ4v) is 4.32. The molecule has 0 saturated carbocycles. The number of ether oxygens (including phenoxy) is 1. The molecular formula is C22H28N2O2. The normalized spacial score (nSPS) is 20.8. The van der Waals surface area contributed by atoms with Crippen LogP contribution >= 0.6 is 0 Å². The maximum absolute atomic E-state index is 12.6. The predicted octanol–water partition coefficient (Wildman–Crippen LogP) is 3.70. The predicted molar refractivity (Wildman–Crippen MR) is 104 cm³/mol. The van der Waals surface area contributed by atoms with Crippen molar-refractivity contribution in [2.45, 2.75) is 38.1 Å². The van der Waals surface area contributed by atoms with Gasteiger partial charge in [-0.25, -0.2) is 0 Å². The van der Waals surface area contributed by atoms with E-state index in [4.69, 9.17) is 4.74 Å². The lowest BCUT2D eigenvalue weighted by atomic mass is 10.1. The smallest absolute Gasteiger partial charge is 0.222 e. The van der Waals surface area contributed by atoms with Crippen molar-refractivity contribution >= 4 is 16.7 Å². The molecule has 4 rings (SSSR count). The lowest BCUT2D eigenvalue weighted by Gasteiger charge is -2.25. The van der Waals surface area contributed by atoms with E-state index in [1.54, 1.807) is 0 Å². The molecule has 0 aliphatic carbocycles. The SMILES string of the molecule is O=C(CCCOc1cccc2ccccc12)N1CCCN2CCC[C@H]2C1. The quantitative estimate of drug-likeness (QED) is 0.769. The molecule has 0 N–H and O–H groups in total. The zero-order valence-electron chi connectivity index (χ0n) is 15.4. The number of benzene rings is 2. The Kier molecular flexibility index (Phi) is 5.40. The van der Waals surface area contributed by atoms with E-state index in [0.29, 0.717) is 25.0 Å². The van der Waals surface area contributed by atoms with Crippen LogP contribution in [-0.4, -0.2) is 54.5 Å². The Morgan fingerprint density at radius 2 is 1.88 bits per heavy atom. The molecule has 2 aliphatic rings. The van der Waals surface area contributed by atoms with Crippen molar-refractivity contribution in [2.24, 2.45) is 0 Å². The van der Waals surface area contributed by atoms with E-state index in [-0.39, 0.29) is 0 Å². The van der Waals surface area contributed by atoms with E-state index < -0.39 is 0 Å². The van der Waals surface area contributed by atoms with Crippen LogP contribution in [-0.2, 0) is 4.79 Å². The Morgan fingerprint density at radius 1 is 1.04 bits per heavy atom. The van der Waals surface area contributed by atoms with Gasteiger partial charge < -0.3 is 9.64 Å². The van der Waals surface area contributed by atoms with Crippen LogP contribution in [0.1, 0.15) is 32.1 Å². The van der Waals surface area contributed by atoms with Crippen LogP contribution in [0.2, 0.25) is 0 Å². The second kappa shape index (κ2) is 8.09. The summed E-state index contributed by atoms with van der Waals surface area (Å²) in [5.74, 6) is 1.20. The molecule has 0 unspecified atom stereocenters. The highest BCUT2D eigenvalue weighted by atomic mass is 16.5. The van der Waals surface area contributed by atoms with Gasteiger partial charge in [0.05, 0.1) is 6.61 Å². The van der Waals surface area contributed by atoms with Gasteiger partial charge in [-0.1, -0.05) is 36.4 Å². The minimum absolute atomic E-state index is 0.292. The number of rotatable bonds is 5. The second-order valence-electron chi connectivity index (χ2n) is 7.45. The molecule has 2 aliphatic heterocycles. The number of hydrogen-bond acceptors (Lipinski definition) is 3. The lowest BCUT2D eigenvalue weighted by Crippen LogP contribution is -2.39. The molecule has 2 aromatic carbocycles. The molecule has 26 heavy (non-hydrogen) atoms. The highest BCUT2D eigenvalue weighted by molar-refractivity contribution is 5.88. The molecule has 0 spiro atoms. The average molecular weight is 352 g/mol. The van der Waals surface area contributed by atoms with Gasteiger partial charge in [0.15, 0.2) is 0 Å². The van der Waals surface area contributed by atoms with Crippen molar-refractivity contribution in [3.8, 4) is 5.75 Å². The highest BCUT2D eigenvalue weighted by Gasteiger charge is 2.30. The molecule has 1 amide bonds. The molecule has 2 saturated heterocycles. The molecule has 2 aromatic rings. The molecule has 2 heterocycles. The Balaban J connectivity index is 1.27. The molecule has 0 aromatic heterocycles. The maximum Gasteiger partial charge on any atom is 0.222 e. The van der Waals surface area contributed by atoms with E-state index in [0.717, 1.165) is 43.6 Å². The van der Waals surface area contributed by atoms with Crippen LogP contribution in [0.3, 0.4) is 0 Å². The zero-order chi connectivity index (χ0) is 17.8. The summed E-state index contributed by atoms with van der Waals surface area (Å²) in [5, 5.41) is 2.32. The monoisotopic (exact) mass is 352 g/mol. The van der Waals surface area contributed by atoms with Crippen LogP contribution in [0.4, 0.5) is 0 Å². The summed E-state index contributed by atoms with van der Waals surface area (Å²) in [4.78, 5) is 17.3. The van der Waals surface area contributed by atoms with Gasteiger partial charge in [-0.3, -0.25) is 9.69 Å². The first-order valence-electron chi connectivity index (χ1n) is 9.94. The summed E-state index contributed by atoms with van der Waals surface area (Å²) in [7, 11) is 0. The van der Waals surface area contributed by atoms with E-state index in [9.17, 15) is 4.79 Å². The van der Waals surface area contributed by atoms with Gasteiger partial charge in [0.25, 0.3) is 0 Å². The molecule has 1 atom stereocenters. The van der Waals surface area contributed by atoms with E-state index in [1.807, 2.05) is 24.3 Å². The third kappa shape index (κ3) is 3.85. The van der Waals surface area contributed by atoms with Crippen molar-refractivity contribution < 1.29 is 9.53 Å². The van der Waals surface area contributed by atoms with E-state index >= 15 is 0 Å².